The van der Waals surface area contributed by atoms with Crippen molar-refractivity contribution < 1.29 is 13.2 Å². The number of carbonyl (C=O) groups is 1. The SMILES string of the molecule is CCN(c1ccccc1)S(=O)(=O)c1ccc(Cl)c(NC(=O)CNC2CCCN(C)C2)c1. The Labute approximate surface area is 189 Å². The lowest BCUT2D eigenvalue weighted by Crippen LogP contribution is -2.46. The van der Waals surface area contributed by atoms with E-state index in [1.807, 2.05) is 6.07 Å². The van der Waals surface area contributed by atoms with Gasteiger partial charge < -0.3 is 15.5 Å². The lowest BCUT2D eigenvalue weighted by Gasteiger charge is -2.30. The molecule has 1 saturated heterocycles. The van der Waals surface area contributed by atoms with E-state index in [1.54, 1.807) is 31.2 Å². The van der Waals surface area contributed by atoms with E-state index >= 15 is 0 Å². The highest BCUT2D eigenvalue weighted by molar-refractivity contribution is 7.92. The highest BCUT2D eigenvalue weighted by atomic mass is 35.5. The molecular formula is C22H29ClN4O3S. The van der Waals surface area contributed by atoms with E-state index in [1.165, 1.54) is 22.5 Å². The summed E-state index contributed by atoms with van der Waals surface area (Å²) in [7, 11) is -1.75. The van der Waals surface area contributed by atoms with Crippen LogP contribution in [0.4, 0.5) is 11.4 Å². The molecule has 1 fully saturated rings. The Morgan fingerprint density at radius 3 is 2.65 bits per heavy atom. The molecule has 1 aliphatic heterocycles. The molecule has 2 aromatic carbocycles. The van der Waals surface area contributed by atoms with E-state index in [0.717, 1.165) is 25.9 Å². The van der Waals surface area contributed by atoms with E-state index in [2.05, 4.69) is 22.6 Å². The third kappa shape index (κ3) is 5.98. The van der Waals surface area contributed by atoms with Gasteiger partial charge in [0, 0.05) is 19.1 Å². The van der Waals surface area contributed by atoms with Gasteiger partial charge in [0.25, 0.3) is 10.0 Å². The van der Waals surface area contributed by atoms with Crippen LogP contribution < -0.4 is 14.9 Å². The fourth-order valence-corrected chi connectivity index (χ4v) is 5.40. The average Bonchev–Trinajstić information content (AvgIpc) is 2.75. The van der Waals surface area contributed by atoms with Gasteiger partial charge in [-0.25, -0.2) is 8.42 Å². The van der Waals surface area contributed by atoms with Crippen LogP contribution in [0.5, 0.6) is 0 Å². The lowest BCUT2D eigenvalue weighted by molar-refractivity contribution is -0.115. The number of rotatable bonds is 8. The molecule has 0 aromatic heterocycles. The van der Waals surface area contributed by atoms with Gasteiger partial charge in [0.15, 0.2) is 0 Å². The van der Waals surface area contributed by atoms with Gasteiger partial charge in [0.2, 0.25) is 5.91 Å². The Bertz CT molecular complexity index is 1000. The van der Waals surface area contributed by atoms with Gasteiger partial charge in [0.05, 0.1) is 27.8 Å². The Kier molecular flexibility index (Phi) is 7.94. The molecule has 1 amide bonds. The van der Waals surface area contributed by atoms with Crippen LogP contribution in [0.1, 0.15) is 19.8 Å². The zero-order valence-corrected chi connectivity index (χ0v) is 19.4. The summed E-state index contributed by atoms with van der Waals surface area (Å²) in [5.74, 6) is -0.264. The molecule has 2 aromatic rings. The van der Waals surface area contributed by atoms with Crippen molar-refractivity contribution >= 4 is 38.9 Å². The molecule has 0 radical (unpaired) electrons. The number of amides is 1. The number of hydrogen-bond donors (Lipinski definition) is 2. The number of nitrogens with one attached hydrogen (secondary N) is 2. The summed E-state index contributed by atoms with van der Waals surface area (Å²) in [5.41, 5.74) is 0.853. The molecule has 168 valence electrons. The van der Waals surface area contributed by atoms with Crippen molar-refractivity contribution in [2.24, 2.45) is 0 Å². The molecule has 1 unspecified atom stereocenters. The topological polar surface area (TPSA) is 81.8 Å². The maximum absolute atomic E-state index is 13.2. The largest absolute Gasteiger partial charge is 0.324 e. The molecule has 2 N–H and O–H groups in total. The number of sulfonamides is 1. The number of para-hydroxylation sites is 1. The number of likely N-dealkylation sites (tertiary alicyclic amines) is 1. The molecule has 1 heterocycles. The normalized spacial score (nSPS) is 17.3. The smallest absolute Gasteiger partial charge is 0.264 e. The second-order valence-electron chi connectivity index (χ2n) is 7.68. The van der Waals surface area contributed by atoms with E-state index < -0.39 is 10.0 Å². The van der Waals surface area contributed by atoms with E-state index in [9.17, 15) is 13.2 Å². The number of benzene rings is 2. The summed E-state index contributed by atoms with van der Waals surface area (Å²) in [4.78, 5) is 14.8. The highest BCUT2D eigenvalue weighted by Gasteiger charge is 2.25. The summed E-state index contributed by atoms with van der Waals surface area (Å²) >= 11 is 6.24. The molecule has 31 heavy (non-hydrogen) atoms. The van der Waals surface area contributed by atoms with Crippen LogP contribution in [0, 0.1) is 0 Å². The number of likely N-dealkylation sites (N-methyl/N-ethyl adjacent to an activating group) is 1. The molecular weight excluding hydrogens is 436 g/mol. The minimum absolute atomic E-state index is 0.0692. The number of halogens is 1. The predicted molar refractivity (Wildman–Crippen MR) is 125 cm³/mol. The maximum Gasteiger partial charge on any atom is 0.264 e. The third-order valence-electron chi connectivity index (χ3n) is 5.31. The van der Waals surface area contributed by atoms with Gasteiger partial charge >= 0.3 is 0 Å². The van der Waals surface area contributed by atoms with Crippen LogP contribution in [0.3, 0.4) is 0 Å². The monoisotopic (exact) mass is 464 g/mol. The average molecular weight is 465 g/mol. The van der Waals surface area contributed by atoms with Gasteiger partial charge in [-0.1, -0.05) is 29.8 Å². The number of nitrogens with zero attached hydrogens (tertiary/aromatic N) is 2. The van der Waals surface area contributed by atoms with Gasteiger partial charge in [-0.3, -0.25) is 9.10 Å². The standard InChI is InChI=1S/C22H29ClN4O3S/c1-3-27(18-9-5-4-6-10-18)31(29,30)19-11-12-20(23)21(14-19)25-22(28)15-24-17-8-7-13-26(2)16-17/h4-6,9-12,14,17,24H,3,7-8,13,15-16H2,1-2H3,(H,25,28). The molecule has 7 nitrogen and oxygen atoms in total. The summed E-state index contributed by atoms with van der Waals surface area (Å²) in [6, 6.07) is 13.5. The van der Waals surface area contributed by atoms with Crippen LogP contribution in [0.15, 0.2) is 53.4 Å². The first-order chi connectivity index (χ1) is 14.8. The van der Waals surface area contributed by atoms with Crippen molar-refractivity contribution in [1.29, 1.82) is 0 Å². The van der Waals surface area contributed by atoms with Crippen molar-refractivity contribution in [2.45, 2.75) is 30.7 Å². The number of carbonyl (C=O) groups excluding carboxylic acids is 1. The Balaban J connectivity index is 1.72. The quantitative estimate of drug-likeness (QED) is 0.627. The molecule has 0 bridgehead atoms. The maximum atomic E-state index is 13.2. The molecule has 0 spiro atoms. The summed E-state index contributed by atoms with van der Waals surface area (Å²) in [5, 5.41) is 6.29. The highest BCUT2D eigenvalue weighted by Crippen LogP contribution is 2.29. The van der Waals surface area contributed by atoms with Gasteiger partial charge in [-0.15, -0.1) is 0 Å². The fourth-order valence-electron chi connectivity index (χ4n) is 3.74. The van der Waals surface area contributed by atoms with Gasteiger partial charge in [-0.05, 0) is 63.7 Å². The minimum Gasteiger partial charge on any atom is -0.324 e. The van der Waals surface area contributed by atoms with Crippen molar-refractivity contribution in [2.75, 3.05) is 42.8 Å². The zero-order chi connectivity index (χ0) is 22.4. The number of anilines is 2. The Morgan fingerprint density at radius 2 is 1.97 bits per heavy atom. The molecule has 9 heteroatoms. The lowest BCUT2D eigenvalue weighted by atomic mass is 10.1. The van der Waals surface area contributed by atoms with Gasteiger partial charge in [-0.2, -0.15) is 0 Å². The summed E-state index contributed by atoms with van der Waals surface area (Å²) in [6.45, 7) is 4.15. The molecule has 1 atom stereocenters. The second kappa shape index (κ2) is 10.5. The van der Waals surface area contributed by atoms with E-state index in [0.29, 0.717) is 5.69 Å². The van der Waals surface area contributed by atoms with Crippen LogP contribution in [-0.2, 0) is 14.8 Å². The predicted octanol–water partition coefficient (Wildman–Crippen LogP) is 3.18. The summed E-state index contributed by atoms with van der Waals surface area (Å²) in [6.07, 6.45) is 2.12. The molecule has 0 saturated carbocycles. The fraction of sp³-hybridized carbons (Fsp3) is 0.409. The van der Waals surface area contributed by atoms with E-state index in [4.69, 9.17) is 11.6 Å². The Hall–Kier alpha value is -2.13. The van der Waals surface area contributed by atoms with Gasteiger partial charge in [0.1, 0.15) is 0 Å². The summed E-state index contributed by atoms with van der Waals surface area (Å²) < 4.78 is 27.8. The van der Waals surface area contributed by atoms with Crippen molar-refractivity contribution in [1.82, 2.24) is 10.2 Å². The first-order valence-electron chi connectivity index (χ1n) is 10.4. The van der Waals surface area contributed by atoms with Crippen molar-refractivity contribution in [3.63, 3.8) is 0 Å². The van der Waals surface area contributed by atoms with Crippen molar-refractivity contribution in [3.05, 3.63) is 53.6 Å². The molecule has 3 rings (SSSR count). The first kappa shape index (κ1) is 23.5. The zero-order valence-electron chi connectivity index (χ0n) is 17.8. The second-order valence-corrected chi connectivity index (χ2v) is 9.95. The van der Waals surface area contributed by atoms with Crippen LogP contribution >= 0.6 is 11.6 Å². The van der Waals surface area contributed by atoms with E-state index in [-0.39, 0.29) is 40.6 Å². The Morgan fingerprint density at radius 1 is 1.23 bits per heavy atom. The third-order valence-corrected chi connectivity index (χ3v) is 7.54. The molecule has 1 aliphatic rings. The van der Waals surface area contributed by atoms with Crippen LogP contribution in [-0.4, -0.2) is 58.5 Å². The minimum atomic E-state index is -3.81. The van der Waals surface area contributed by atoms with Crippen molar-refractivity contribution in [3.8, 4) is 0 Å². The number of piperidine rings is 1. The van der Waals surface area contributed by atoms with Crippen LogP contribution in [0.25, 0.3) is 0 Å². The van der Waals surface area contributed by atoms with Crippen LogP contribution in [0.2, 0.25) is 5.02 Å². The molecule has 0 aliphatic carbocycles. The number of hydrogen-bond acceptors (Lipinski definition) is 5. The first-order valence-corrected chi connectivity index (χ1v) is 12.2.